The van der Waals surface area contributed by atoms with Crippen LogP contribution in [0.3, 0.4) is 0 Å². The SMILES string of the molecule is O=C(N[C@H]1CCC[C@H]1C(=O)O)C1SCCc2sccc21. The summed E-state index contributed by atoms with van der Waals surface area (Å²) in [7, 11) is 0. The van der Waals surface area contributed by atoms with Crippen molar-refractivity contribution in [1.82, 2.24) is 5.32 Å². The first-order chi connectivity index (χ1) is 9.66. The molecule has 0 radical (unpaired) electrons. The number of aryl methyl sites for hydroxylation is 1. The lowest BCUT2D eigenvalue weighted by Crippen LogP contribution is -2.42. The number of amides is 1. The Morgan fingerprint density at radius 3 is 3.00 bits per heavy atom. The van der Waals surface area contributed by atoms with Gasteiger partial charge in [0.15, 0.2) is 0 Å². The lowest BCUT2D eigenvalue weighted by Gasteiger charge is -2.25. The number of thiophene rings is 1. The molecule has 0 bridgehead atoms. The molecule has 2 heterocycles. The molecule has 1 aromatic heterocycles. The molecule has 3 rings (SSSR count). The second-order valence-electron chi connectivity index (χ2n) is 5.29. The monoisotopic (exact) mass is 311 g/mol. The van der Waals surface area contributed by atoms with Crippen LogP contribution in [0.2, 0.25) is 0 Å². The average Bonchev–Trinajstić information content (AvgIpc) is 3.05. The second kappa shape index (κ2) is 5.77. The molecular formula is C14H17NO3S2. The van der Waals surface area contributed by atoms with Crippen molar-refractivity contribution in [3.63, 3.8) is 0 Å². The van der Waals surface area contributed by atoms with Gasteiger partial charge in [0, 0.05) is 10.9 Å². The van der Waals surface area contributed by atoms with Gasteiger partial charge in [-0.25, -0.2) is 0 Å². The summed E-state index contributed by atoms with van der Waals surface area (Å²) in [6.45, 7) is 0. The molecule has 2 N–H and O–H groups in total. The normalized spacial score (nSPS) is 28.9. The summed E-state index contributed by atoms with van der Waals surface area (Å²) >= 11 is 3.37. The van der Waals surface area contributed by atoms with Gasteiger partial charge < -0.3 is 10.4 Å². The molecule has 1 amide bonds. The molecule has 1 fully saturated rings. The van der Waals surface area contributed by atoms with Crippen LogP contribution in [0.4, 0.5) is 0 Å². The van der Waals surface area contributed by atoms with E-state index in [1.165, 1.54) is 4.88 Å². The maximum atomic E-state index is 12.5. The number of hydrogen-bond acceptors (Lipinski definition) is 4. The number of hydrogen-bond donors (Lipinski definition) is 2. The van der Waals surface area contributed by atoms with Crippen molar-refractivity contribution >= 4 is 35.0 Å². The number of carboxylic acid groups (broad SMARTS) is 1. The second-order valence-corrected chi connectivity index (χ2v) is 7.50. The van der Waals surface area contributed by atoms with Crippen molar-refractivity contribution in [2.24, 2.45) is 5.92 Å². The number of nitrogens with one attached hydrogen (secondary N) is 1. The van der Waals surface area contributed by atoms with Crippen molar-refractivity contribution in [3.05, 3.63) is 21.9 Å². The zero-order valence-electron chi connectivity index (χ0n) is 11.0. The first-order valence-electron chi connectivity index (χ1n) is 6.88. The standard InChI is InChI=1S/C14H17NO3S2/c16-13(15-10-3-1-2-8(10)14(17)18)12-9-4-6-19-11(9)5-7-20-12/h4,6,8,10,12H,1-3,5,7H2,(H,15,16)(H,17,18)/t8-,10+,12?/m1/s1. The number of aliphatic carboxylic acids is 1. The van der Waals surface area contributed by atoms with E-state index >= 15 is 0 Å². The van der Waals surface area contributed by atoms with Crippen LogP contribution in [0.15, 0.2) is 11.4 Å². The fourth-order valence-corrected chi connectivity index (χ4v) is 5.35. The Hall–Kier alpha value is -1.01. The van der Waals surface area contributed by atoms with Crippen LogP contribution in [0.5, 0.6) is 0 Å². The molecule has 2 aliphatic rings. The minimum atomic E-state index is -0.791. The van der Waals surface area contributed by atoms with Gasteiger partial charge in [-0.2, -0.15) is 0 Å². The van der Waals surface area contributed by atoms with Crippen LogP contribution in [0.25, 0.3) is 0 Å². The van der Waals surface area contributed by atoms with E-state index in [4.69, 9.17) is 0 Å². The molecule has 108 valence electrons. The zero-order valence-corrected chi connectivity index (χ0v) is 12.6. The summed E-state index contributed by atoms with van der Waals surface area (Å²) in [5, 5.41) is 14.0. The van der Waals surface area contributed by atoms with Gasteiger partial charge in [0.1, 0.15) is 5.25 Å². The Kier molecular flexibility index (Phi) is 4.03. The highest BCUT2D eigenvalue weighted by Gasteiger charge is 2.36. The molecule has 4 nitrogen and oxygen atoms in total. The van der Waals surface area contributed by atoms with Crippen molar-refractivity contribution in [3.8, 4) is 0 Å². The number of fused-ring (bicyclic) bond motifs is 1. The molecule has 1 aliphatic heterocycles. The van der Waals surface area contributed by atoms with Crippen LogP contribution in [-0.4, -0.2) is 28.8 Å². The summed E-state index contributed by atoms with van der Waals surface area (Å²) in [6.07, 6.45) is 3.35. The van der Waals surface area contributed by atoms with Gasteiger partial charge in [-0.3, -0.25) is 9.59 Å². The van der Waals surface area contributed by atoms with Crippen molar-refractivity contribution in [2.45, 2.75) is 37.0 Å². The summed E-state index contributed by atoms with van der Waals surface area (Å²) in [4.78, 5) is 24.9. The molecule has 0 aromatic carbocycles. The van der Waals surface area contributed by atoms with Crippen LogP contribution >= 0.6 is 23.1 Å². The van der Waals surface area contributed by atoms with Crippen molar-refractivity contribution in [1.29, 1.82) is 0 Å². The molecule has 1 unspecified atom stereocenters. The van der Waals surface area contributed by atoms with Crippen molar-refractivity contribution in [2.75, 3.05) is 5.75 Å². The fourth-order valence-electron chi connectivity index (χ4n) is 3.05. The topological polar surface area (TPSA) is 66.4 Å². The Morgan fingerprint density at radius 2 is 2.20 bits per heavy atom. The van der Waals surface area contributed by atoms with Gasteiger partial charge in [0.05, 0.1) is 5.92 Å². The molecule has 0 saturated heterocycles. The lowest BCUT2D eigenvalue weighted by molar-refractivity contribution is -0.142. The van der Waals surface area contributed by atoms with Gasteiger partial charge in [0.2, 0.25) is 5.91 Å². The summed E-state index contributed by atoms with van der Waals surface area (Å²) in [5.74, 6) is -0.277. The summed E-state index contributed by atoms with van der Waals surface area (Å²) < 4.78 is 0. The van der Waals surface area contributed by atoms with Gasteiger partial charge in [-0.15, -0.1) is 23.1 Å². The molecule has 1 aromatic rings. The fraction of sp³-hybridized carbons (Fsp3) is 0.571. The number of rotatable bonds is 3. The third-order valence-corrected chi connectivity index (χ3v) is 6.31. The van der Waals surface area contributed by atoms with E-state index in [1.54, 1.807) is 23.1 Å². The highest BCUT2D eigenvalue weighted by atomic mass is 32.2. The van der Waals surface area contributed by atoms with Gasteiger partial charge in [-0.05, 0) is 42.0 Å². The molecular weight excluding hydrogens is 294 g/mol. The van der Waals surface area contributed by atoms with Crippen LogP contribution in [0, 0.1) is 5.92 Å². The van der Waals surface area contributed by atoms with Gasteiger partial charge in [0.25, 0.3) is 0 Å². The predicted molar refractivity (Wildman–Crippen MR) is 80.1 cm³/mol. The molecule has 1 aliphatic carbocycles. The first-order valence-corrected chi connectivity index (χ1v) is 8.80. The highest BCUT2D eigenvalue weighted by Crippen LogP contribution is 2.40. The van der Waals surface area contributed by atoms with Gasteiger partial charge in [-0.1, -0.05) is 6.42 Å². The van der Waals surface area contributed by atoms with E-state index in [0.29, 0.717) is 6.42 Å². The average molecular weight is 311 g/mol. The molecule has 20 heavy (non-hydrogen) atoms. The van der Waals surface area contributed by atoms with Crippen LogP contribution in [0.1, 0.15) is 35.0 Å². The minimum absolute atomic E-state index is 0.0208. The largest absolute Gasteiger partial charge is 0.481 e. The van der Waals surface area contributed by atoms with E-state index in [9.17, 15) is 14.7 Å². The van der Waals surface area contributed by atoms with Crippen LogP contribution in [-0.2, 0) is 16.0 Å². The molecule has 3 atom stereocenters. The third kappa shape index (κ3) is 2.59. The lowest BCUT2D eigenvalue weighted by atomic mass is 10.0. The van der Waals surface area contributed by atoms with Gasteiger partial charge >= 0.3 is 5.97 Å². The third-order valence-electron chi connectivity index (χ3n) is 4.07. The van der Waals surface area contributed by atoms with Crippen LogP contribution < -0.4 is 5.32 Å². The Morgan fingerprint density at radius 1 is 1.35 bits per heavy atom. The number of thioether (sulfide) groups is 1. The van der Waals surface area contributed by atoms with E-state index in [-0.39, 0.29) is 17.2 Å². The predicted octanol–water partition coefficient (Wildman–Crippen LogP) is 2.45. The molecule has 1 saturated carbocycles. The van der Waals surface area contributed by atoms with E-state index < -0.39 is 11.9 Å². The minimum Gasteiger partial charge on any atom is -0.481 e. The molecule has 0 spiro atoms. The van der Waals surface area contributed by atoms with Crippen molar-refractivity contribution < 1.29 is 14.7 Å². The van der Waals surface area contributed by atoms with E-state index in [0.717, 1.165) is 30.6 Å². The molecule has 6 heteroatoms. The number of carbonyl (C=O) groups excluding carboxylic acids is 1. The number of carboxylic acids is 1. The Labute approximate surface area is 125 Å². The quantitative estimate of drug-likeness (QED) is 0.900. The summed E-state index contributed by atoms with van der Waals surface area (Å²) in [5.41, 5.74) is 1.12. The first kappa shape index (κ1) is 13.9. The summed E-state index contributed by atoms with van der Waals surface area (Å²) in [6, 6.07) is 1.82. The smallest absolute Gasteiger partial charge is 0.308 e. The Bertz CT molecular complexity index is 528. The maximum Gasteiger partial charge on any atom is 0.308 e. The number of carbonyl (C=O) groups is 2. The Balaban J connectivity index is 1.70. The highest BCUT2D eigenvalue weighted by molar-refractivity contribution is 8.00. The zero-order chi connectivity index (χ0) is 14.1. The maximum absolute atomic E-state index is 12.5. The van der Waals surface area contributed by atoms with E-state index in [1.807, 2.05) is 11.4 Å². The van der Waals surface area contributed by atoms with E-state index in [2.05, 4.69) is 5.32 Å².